The Bertz CT molecular complexity index is 693. The number of nitrogens with zero attached hydrogens (tertiary/aromatic N) is 3. The molecule has 0 bridgehead atoms. The molecule has 10 heteroatoms. The fourth-order valence-corrected chi connectivity index (χ4v) is 2.27. The van der Waals surface area contributed by atoms with Gasteiger partial charge in [-0.3, -0.25) is 0 Å². The van der Waals surface area contributed by atoms with E-state index in [9.17, 15) is 11.6 Å². The molecule has 9 nitrogen and oxygen atoms in total. The van der Waals surface area contributed by atoms with E-state index in [1.165, 1.54) is 12.4 Å². The first-order valence-corrected chi connectivity index (χ1v) is 9.09. The molecular weight excluding hydrogens is 390 g/mol. The van der Waals surface area contributed by atoms with Crippen LogP contribution < -0.4 is 9.43 Å². The summed E-state index contributed by atoms with van der Waals surface area (Å²) in [6.45, 7) is 0. The van der Waals surface area contributed by atoms with E-state index in [0.717, 1.165) is 0 Å². The first kappa shape index (κ1) is 10.8. The molecule has 16 heavy (non-hydrogen) atoms. The number of rotatable bonds is 2. The van der Waals surface area contributed by atoms with Crippen molar-refractivity contribution in [3.05, 3.63) is 22.7 Å². The van der Waals surface area contributed by atoms with E-state index in [2.05, 4.69) is 19.9 Å². The molecular formula is C6H5N5O4W. The number of fused-ring (bicyclic) bond motifs is 1. The van der Waals surface area contributed by atoms with E-state index >= 15 is 0 Å². The van der Waals surface area contributed by atoms with Crippen LogP contribution >= 0.6 is 0 Å². The van der Waals surface area contributed by atoms with Crippen molar-refractivity contribution in [3.8, 4) is 0 Å². The van der Waals surface area contributed by atoms with Gasteiger partial charge in [-0.1, -0.05) is 0 Å². The molecule has 0 aliphatic rings. The van der Waals surface area contributed by atoms with Gasteiger partial charge in [0.1, 0.15) is 0 Å². The molecule has 0 aliphatic heterocycles. The SMILES string of the molecule is O=c1[nH]c([NH][W](=[O])(=[O])[OH])nc2nccnc12. The van der Waals surface area contributed by atoms with Crippen molar-refractivity contribution in [3.63, 3.8) is 0 Å². The fraction of sp³-hybridized carbons (Fsp3) is 0. The molecule has 3 N–H and O–H groups in total. The van der Waals surface area contributed by atoms with Crippen LogP contribution in [0.4, 0.5) is 5.95 Å². The number of nitrogens with one attached hydrogen (secondary N) is 2. The van der Waals surface area contributed by atoms with Crippen LogP contribution in [-0.4, -0.2) is 23.7 Å². The van der Waals surface area contributed by atoms with E-state index in [1.54, 1.807) is 3.88 Å². The topological polar surface area (TPSA) is 138 Å². The molecule has 2 heterocycles. The molecule has 2 aromatic heterocycles. The summed E-state index contributed by atoms with van der Waals surface area (Å²) in [5, 5.41) is 0. The summed E-state index contributed by atoms with van der Waals surface area (Å²) in [7, 11) is 0. The molecule has 0 radical (unpaired) electrons. The Labute approximate surface area is 91.1 Å². The molecule has 0 amide bonds. The van der Waals surface area contributed by atoms with Gasteiger partial charge in [-0.25, -0.2) is 0 Å². The predicted molar refractivity (Wildman–Crippen MR) is 45.2 cm³/mol. The van der Waals surface area contributed by atoms with Gasteiger partial charge in [0.25, 0.3) is 0 Å². The van der Waals surface area contributed by atoms with Gasteiger partial charge < -0.3 is 0 Å². The third kappa shape index (κ3) is 2.26. The second-order valence-corrected chi connectivity index (χ2v) is 6.87. The van der Waals surface area contributed by atoms with Crippen LogP contribution in [0.15, 0.2) is 17.2 Å². The number of anilines is 1. The average molecular weight is 395 g/mol. The Morgan fingerprint density at radius 2 is 2.00 bits per heavy atom. The first-order chi connectivity index (χ1) is 7.46. The summed E-state index contributed by atoms with van der Waals surface area (Å²) >= 11 is -5.72. The zero-order valence-corrected chi connectivity index (χ0v) is 10.5. The average Bonchev–Trinajstić information content (AvgIpc) is 2.15. The molecule has 0 aliphatic carbocycles. The summed E-state index contributed by atoms with van der Waals surface area (Å²) < 4.78 is 31.6. The van der Waals surface area contributed by atoms with Crippen molar-refractivity contribution in [2.75, 3.05) is 3.88 Å². The van der Waals surface area contributed by atoms with Crippen LogP contribution in [0.25, 0.3) is 11.2 Å². The second-order valence-electron chi connectivity index (χ2n) is 2.72. The van der Waals surface area contributed by atoms with Gasteiger partial charge in [0.2, 0.25) is 0 Å². The number of aromatic nitrogens is 4. The van der Waals surface area contributed by atoms with Gasteiger partial charge in [0, 0.05) is 0 Å². The zero-order valence-electron chi connectivity index (χ0n) is 7.58. The van der Waals surface area contributed by atoms with Crippen molar-refractivity contribution in [1.29, 1.82) is 0 Å². The van der Waals surface area contributed by atoms with Crippen molar-refractivity contribution in [2.24, 2.45) is 0 Å². The zero-order chi connectivity index (χ0) is 11.8. The third-order valence-electron chi connectivity index (χ3n) is 1.57. The fourth-order valence-electron chi connectivity index (χ4n) is 1.04. The Morgan fingerprint density at radius 3 is 2.69 bits per heavy atom. The Hall–Kier alpha value is -1.73. The van der Waals surface area contributed by atoms with Crippen molar-refractivity contribution >= 4 is 17.1 Å². The summed E-state index contributed by atoms with van der Waals surface area (Å²) in [5.74, 6) is -0.375. The monoisotopic (exact) mass is 395 g/mol. The van der Waals surface area contributed by atoms with E-state index in [-0.39, 0.29) is 17.1 Å². The van der Waals surface area contributed by atoms with Crippen LogP contribution in [0.2, 0.25) is 0 Å². The van der Waals surface area contributed by atoms with Crippen molar-refractivity contribution < 1.29 is 27.2 Å². The molecule has 0 fully saturated rings. The quantitative estimate of drug-likeness (QED) is 0.576. The standard InChI is InChI=1S/C6H5N5O.H2O.2O.W/c7-6-10-4-3(5(12)11-6)8-1-2-9-4;;;;/h1-2H,(H3,7,9,10,11,12);1H2;;;/q;;;;+2/p-2. The molecule has 0 saturated heterocycles. The van der Waals surface area contributed by atoms with Crippen LogP contribution in [0, 0.1) is 0 Å². The predicted octanol–water partition coefficient (Wildman–Crippen LogP) is -1.21. The number of hydrogen-bond acceptors (Lipinski definition) is 6. The van der Waals surface area contributed by atoms with E-state index < -0.39 is 22.2 Å². The number of aromatic amines is 1. The number of hydrogen-bond donors (Lipinski definition) is 3. The van der Waals surface area contributed by atoms with Gasteiger partial charge in [-0.15, -0.1) is 0 Å². The van der Waals surface area contributed by atoms with Gasteiger partial charge >= 0.3 is 90.8 Å². The molecule has 0 aromatic carbocycles. The third-order valence-corrected chi connectivity index (χ3v) is 3.19. The maximum absolute atomic E-state index is 11.4. The van der Waals surface area contributed by atoms with Gasteiger partial charge in [0.15, 0.2) is 0 Å². The molecule has 84 valence electrons. The molecule has 0 atom stereocenters. The molecule has 2 rings (SSSR count). The summed E-state index contributed by atoms with van der Waals surface area (Å²) in [6, 6.07) is 0. The van der Waals surface area contributed by atoms with Crippen LogP contribution in [0.3, 0.4) is 0 Å². The van der Waals surface area contributed by atoms with Crippen molar-refractivity contribution in [1.82, 2.24) is 19.9 Å². The minimum absolute atomic E-state index is 0.0102. The van der Waals surface area contributed by atoms with Crippen molar-refractivity contribution in [2.45, 2.75) is 0 Å². The van der Waals surface area contributed by atoms with E-state index in [1.807, 2.05) is 0 Å². The van der Waals surface area contributed by atoms with Crippen LogP contribution in [-0.2, 0) is 23.4 Å². The summed E-state index contributed by atoms with van der Waals surface area (Å²) in [5.41, 5.74) is -0.664. The minimum atomic E-state index is -5.72. The Morgan fingerprint density at radius 1 is 1.31 bits per heavy atom. The van der Waals surface area contributed by atoms with Gasteiger partial charge in [-0.05, 0) is 0 Å². The summed E-state index contributed by atoms with van der Waals surface area (Å²) in [6.07, 6.45) is 2.62. The van der Waals surface area contributed by atoms with Gasteiger partial charge in [-0.2, -0.15) is 0 Å². The van der Waals surface area contributed by atoms with Gasteiger partial charge in [0.05, 0.1) is 0 Å². The normalized spacial score (nSPS) is 11.6. The maximum atomic E-state index is 11.4. The molecule has 0 saturated carbocycles. The molecule has 2 aromatic rings. The van der Waals surface area contributed by atoms with E-state index in [0.29, 0.717) is 0 Å². The van der Waals surface area contributed by atoms with Crippen LogP contribution in [0.1, 0.15) is 0 Å². The number of H-pyrrole nitrogens is 1. The second kappa shape index (κ2) is 3.69. The Kier molecular flexibility index (Phi) is 2.48. The van der Waals surface area contributed by atoms with E-state index in [4.69, 9.17) is 3.76 Å². The van der Waals surface area contributed by atoms with Crippen LogP contribution in [0.5, 0.6) is 0 Å². The summed E-state index contributed by atoms with van der Waals surface area (Å²) in [4.78, 5) is 24.6. The first-order valence-electron chi connectivity index (χ1n) is 3.92. The molecule has 0 unspecified atom stereocenters. The molecule has 0 spiro atoms. The Balaban J connectivity index is 2.63.